The lowest BCUT2D eigenvalue weighted by atomic mass is 9.70. The Morgan fingerprint density at radius 3 is 2.74 bits per heavy atom. The highest BCUT2D eigenvalue weighted by atomic mass is 19.1. The Bertz CT molecular complexity index is 910. The third-order valence-corrected chi connectivity index (χ3v) is 5.99. The summed E-state index contributed by atoms with van der Waals surface area (Å²) in [5.74, 6) is -0.515. The number of hydrogen-bond acceptors (Lipinski definition) is 3. The van der Waals surface area contributed by atoms with Crippen molar-refractivity contribution in [2.75, 3.05) is 13.2 Å². The smallest absolute Gasteiger partial charge is 0.229 e. The summed E-state index contributed by atoms with van der Waals surface area (Å²) in [6.45, 7) is 0.403. The molecule has 0 unspecified atom stereocenters. The molecule has 2 aliphatic rings. The third kappa shape index (κ3) is 3.16. The number of carbonyl (C=O) groups excluding carboxylic acids is 2. The topological polar surface area (TPSA) is 57.6 Å². The van der Waals surface area contributed by atoms with Gasteiger partial charge in [-0.3, -0.25) is 9.59 Å². The van der Waals surface area contributed by atoms with Gasteiger partial charge in [0.2, 0.25) is 5.91 Å². The first-order valence-electron chi connectivity index (χ1n) is 9.31. The number of rotatable bonds is 4. The number of aryl methyl sites for hydroxylation is 1. The number of ketones is 1. The Morgan fingerprint density at radius 1 is 1.15 bits per heavy atom. The maximum atomic E-state index is 14.0. The molecular formula is C22H22FNO3. The molecule has 5 heteroatoms. The number of nitrogens with zero attached hydrogens (tertiary/aromatic N) is 1. The Hall–Kier alpha value is -2.53. The zero-order valence-corrected chi connectivity index (χ0v) is 15.1. The normalized spacial score (nSPS) is 21.6. The fourth-order valence-electron chi connectivity index (χ4n) is 4.40. The summed E-state index contributed by atoms with van der Waals surface area (Å²) in [6.07, 6.45) is 2.92. The van der Waals surface area contributed by atoms with Crippen molar-refractivity contribution in [1.82, 2.24) is 4.90 Å². The van der Waals surface area contributed by atoms with Gasteiger partial charge in [-0.1, -0.05) is 30.3 Å². The van der Waals surface area contributed by atoms with Crippen LogP contribution in [0, 0.1) is 11.2 Å². The van der Waals surface area contributed by atoms with Crippen molar-refractivity contribution < 1.29 is 19.1 Å². The van der Waals surface area contributed by atoms with Gasteiger partial charge in [-0.2, -0.15) is 0 Å². The zero-order valence-electron chi connectivity index (χ0n) is 15.1. The molecule has 1 saturated heterocycles. The van der Waals surface area contributed by atoms with Crippen LogP contribution in [0.1, 0.15) is 39.9 Å². The Labute approximate surface area is 157 Å². The van der Waals surface area contributed by atoms with E-state index in [2.05, 4.69) is 0 Å². The molecule has 1 aliphatic carbocycles. The molecule has 2 aromatic rings. The van der Waals surface area contributed by atoms with Crippen molar-refractivity contribution in [3.05, 3.63) is 70.5 Å². The van der Waals surface area contributed by atoms with Crippen LogP contribution in [0.25, 0.3) is 0 Å². The number of carbonyl (C=O) groups is 2. The minimum absolute atomic E-state index is 0.0790. The lowest BCUT2D eigenvalue weighted by Gasteiger charge is -2.33. The largest absolute Gasteiger partial charge is 0.388 e. The highest BCUT2D eigenvalue weighted by Crippen LogP contribution is 2.44. The number of halogens is 1. The number of aliphatic hydroxyl groups is 1. The monoisotopic (exact) mass is 367 g/mol. The third-order valence-electron chi connectivity index (χ3n) is 5.99. The molecule has 1 heterocycles. The highest BCUT2D eigenvalue weighted by Gasteiger charge is 2.48. The summed E-state index contributed by atoms with van der Waals surface area (Å²) >= 11 is 0. The number of fused-ring (bicyclic) bond motifs is 1. The molecule has 0 radical (unpaired) electrons. The first-order chi connectivity index (χ1) is 13.0. The molecule has 27 heavy (non-hydrogen) atoms. The molecule has 140 valence electrons. The van der Waals surface area contributed by atoms with E-state index in [0.29, 0.717) is 30.6 Å². The maximum Gasteiger partial charge on any atom is 0.229 e. The van der Waals surface area contributed by atoms with Gasteiger partial charge in [-0.15, -0.1) is 0 Å². The average molecular weight is 367 g/mol. The van der Waals surface area contributed by atoms with Gasteiger partial charge in [0.05, 0.1) is 5.41 Å². The van der Waals surface area contributed by atoms with Crippen LogP contribution in [0.15, 0.2) is 42.5 Å². The van der Waals surface area contributed by atoms with E-state index < -0.39 is 12.0 Å². The van der Waals surface area contributed by atoms with Crippen LogP contribution in [0.5, 0.6) is 0 Å². The van der Waals surface area contributed by atoms with E-state index in [1.807, 2.05) is 12.1 Å². The summed E-state index contributed by atoms with van der Waals surface area (Å²) in [5, 5.41) is 9.10. The number of hydrogen-bond donors (Lipinski definition) is 1. The van der Waals surface area contributed by atoms with E-state index in [9.17, 15) is 14.0 Å². The van der Waals surface area contributed by atoms with Gasteiger partial charge in [-0.05, 0) is 48.9 Å². The lowest BCUT2D eigenvalue weighted by molar-refractivity contribution is -0.137. The number of aliphatic hydroxyl groups excluding tert-OH is 1. The fraction of sp³-hybridized carbons (Fsp3) is 0.364. The summed E-state index contributed by atoms with van der Waals surface area (Å²) in [7, 11) is 0. The predicted octanol–water partition coefficient (Wildman–Crippen LogP) is 2.91. The summed E-state index contributed by atoms with van der Waals surface area (Å²) in [6, 6.07) is 12.1. The van der Waals surface area contributed by atoms with Gasteiger partial charge in [0, 0.05) is 24.2 Å². The molecule has 1 aliphatic heterocycles. The minimum Gasteiger partial charge on any atom is -0.388 e. The van der Waals surface area contributed by atoms with Crippen molar-refractivity contribution in [2.45, 2.75) is 32.2 Å². The van der Waals surface area contributed by atoms with Crippen LogP contribution in [-0.4, -0.2) is 34.8 Å². The molecule has 0 aromatic heterocycles. The van der Waals surface area contributed by atoms with Gasteiger partial charge in [0.25, 0.3) is 0 Å². The second-order valence-corrected chi connectivity index (χ2v) is 7.59. The number of Topliss-reactive ketones (excluding diaryl/α,β-unsaturated/α-hetero) is 1. The number of amides is 1. The molecule has 2 aromatic carbocycles. The zero-order chi connectivity index (χ0) is 19.0. The predicted molar refractivity (Wildman–Crippen MR) is 98.8 cm³/mol. The number of likely N-dealkylation sites (tertiary alicyclic amines) is 1. The fourth-order valence-corrected chi connectivity index (χ4v) is 4.40. The molecular weight excluding hydrogens is 345 g/mol. The maximum absolute atomic E-state index is 14.0. The molecule has 1 N–H and O–H groups in total. The lowest BCUT2D eigenvalue weighted by Crippen LogP contribution is -2.38. The molecule has 4 nitrogen and oxygen atoms in total. The molecule has 1 spiro atoms. The summed E-state index contributed by atoms with van der Waals surface area (Å²) in [4.78, 5) is 26.7. The summed E-state index contributed by atoms with van der Waals surface area (Å²) < 4.78 is 14.0. The first kappa shape index (κ1) is 17.9. The van der Waals surface area contributed by atoms with Crippen LogP contribution in [0.4, 0.5) is 4.39 Å². The number of benzene rings is 2. The van der Waals surface area contributed by atoms with Crippen molar-refractivity contribution in [3.63, 3.8) is 0 Å². The Balaban J connectivity index is 1.56. The van der Waals surface area contributed by atoms with E-state index in [4.69, 9.17) is 5.11 Å². The quantitative estimate of drug-likeness (QED) is 0.846. The molecule has 1 atom stereocenters. The van der Waals surface area contributed by atoms with Gasteiger partial charge in [-0.25, -0.2) is 4.39 Å². The first-order valence-corrected chi connectivity index (χ1v) is 9.31. The molecule has 4 rings (SSSR count). The van der Waals surface area contributed by atoms with Crippen LogP contribution in [0.3, 0.4) is 0 Å². The second kappa shape index (κ2) is 6.89. The van der Waals surface area contributed by atoms with Crippen molar-refractivity contribution in [1.29, 1.82) is 0 Å². The minimum atomic E-state index is -0.515. The van der Waals surface area contributed by atoms with E-state index in [-0.39, 0.29) is 17.5 Å². The molecule has 0 bridgehead atoms. The van der Waals surface area contributed by atoms with E-state index in [1.165, 1.54) is 6.07 Å². The molecule has 1 fully saturated rings. The van der Waals surface area contributed by atoms with Crippen LogP contribution < -0.4 is 0 Å². The van der Waals surface area contributed by atoms with Crippen LogP contribution >= 0.6 is 0 Å². The van der Waals surface area contributed by atoms with Gasteiger partial charge in [0.1, 0.15) is 12.4 Å². The standard InChI is InChI=1S/C22H22FNO3/c23-19-4-2-1-3-17(19)13-24-10-9-22(21(24)27)8-7-15-5-6-16(20(26)14-25)11-18(15)12-22/h1-6,11,25H,7-10,12-14H2/t22-/m1/s1. The SMILES string of the molecule is O=C(CO)c1ccc2c(c1)C[C@@]1(CC2)CCN(Cc2ccccc2F)C1=O. The van der Waals surface area contributed by atoms with Crippen LogP contribution in [0.2, 0.25) is 0 Å². The highest BCUT2D eigenvalue weighted by molar-refractivity contribution is 5.97. The van der Waals surface area contributed by atoms with Gasteiger partial charge >= 0.3 is 0 Å². The van der Waals surface area contributed by atoms with E-state index in [1.54, 1.807) is 29.2 Å². The van der Waals surface area contributed by atoms with E-state index in [0.717, 1.165) is 30.4 Å². The van der Waals surface area contributed by atoms with Gasteiger partial charge in [0.15, 0.2) is 5.78 Å². The van der Waals surface area contributed by atoms with Gasteiger partial charge < -0.3 is 10.0 Å². The second-order valence-electron chi connectivity index (χ2n) is 7.59. The molecule has 1 amide bonds. The van der Waals surface area contributed by atoms with E-state index >= 15 is 0 Å². The summed E-state index contributed by atoms with van der Waals surface area (Å²) in [5.41, 5.74) is 2.74. The van der Waals surface area contributed by atoms with Crippen molar-refractivity contribution in [3.8, 4) is 0 Å². The average Bonchev–Trinajstić information content (AvgIpc) is 2.98. The Kier molecular flexibility index (Phi) is 4.56. The Morgan fingerprint density at radius 2 is 1.96 bits per heavy atom. The van der Waals surface area contributed by atoms with Crippen LogP contribution in [-0.2, 0) is 24.2 Å². The van der Waals surface area contributed by atoms with Crippen molar-refractivity contribution >= 4 is 11.7 Å². The molecule has 0 saturated carbocycles. The van der Waals surface area contributed by atoms with Crippen molar-refractivity contribution in [2.24, 2.45) is 5.41 Å².